The minimum absolute atomic E-state index is 0.0250. The average molecular weight is 586 g/mol. The topological polar surface area (TPSA) is 136 Å². The number of hydrogen-bond donors (Lipinski definition) is 2. The lowest BCUT2D eigenvalue weighted by Crippen LogP contribution is -2.38. The van der Waals surface area contributed by atoms with E-state index in [9.17, 15) is 25.6 Å². The van der Waals surface area contributed by atoms with Gasteiger partial charge < -0.3 is 24.7 Å². The Labute approximate surface area is 247 Å². The summed E-state index contributed by atoms with van der Waals surface area (Å²) in [6.07, 6.45) is 0.359. The number of nitriles is 1. The van der Waals surface area contributed by atoms with Crippen LogP contribution in [-0.2, 0) is 5.60 Å². The highest BCUT2D eigenvalue weighted by molar-refractivity contribution is 7.16. The Balaban J connectivity index is 1.74. The zero-order chi connectivity index (χ0) is 29.7. The molecule has 11 heteroatoms. The number of nitro benzene ring substituents is 1. The number of anilines is 2. The van der Waals surface area contributed by atoms with Crippen LogP contribution in [0, 0.1) is 21.4 Å². The van der Waals surface area contributed by atoms with Gasteiger partial charge in [-0.3, -0.25) is 10.1 Å². The van der Waals surface area contributed by atoms with Gasteiger partial charge >= 0.3 is 0 Å². The van der Waals surface area contributed by atoms with Crippen molar-refractivity contribution in [3.8, 4) is 23.1 Å². The van der Waals surface area contributed by atoms with Crippen LogP contribution in [0.15, 0.2) is 72.8 Å². The minimum Gasteiger partial charge on any atom is -0.471 e. The van der Waals surface area contributed by atoms with E-state index in [-0.39, 0.29) is 18.9 Å². The Hall–Kier alpha value is -4.50. The van der Waals surface area contributed by atoms with E-state index in [1.54, 1.807) is 12.1 Å². The fraction of sp³-hybridized carbons (Fsp3) is 0.290. The van der Waals surface area contributed by atoms with E-state index in [0.29, 0.717) is 43.9 Å². The number of aromatic nitrogens is 1. The molecule has 4 aromatic rings. The standard InChI is InChI=1S/C31H31N5O5S/c1-2-34(17-5-16-32)30-33-28-26-6-3-4-7-27(26)41-31(29(28)42-30,23-10-14-25(15-11-23)36(39)40)22-8-12-24(13-9-22)35(18-20-37)19-21-38/h3-4,6-15,37-38H,2,5,17-21H2,1H3. The smallest absolute Gasteiger partial charge is 0.269 e. The molecular weight excluding hydrogens is 554 g/mol. The van der Waals surface area contributed by atoms with Crippen molar-refractivity contribution in [2.75, 3.05) is 49.2 Å². The monoisotopic (exact) mass is 585 g/mol. The summed E-state index contributed by atoms with van der Waals surface area (Å²) in [6.45, 7) is 3.86. The van der Waals surface area contributed by atoms with Crippen molar-refractivity contribution in [1.82, 2.24) is 4.98 Å². The second kappa shape index (κ2) is 12.6. The van der Waals surface area contributed by atoms with Gasteiger partial charge in [0.05, 0.1) is 41.2 Å². The first-order valence-corrected chi connectivity index (χ1v) is 14.5. The van der Waals surface area contributed by atoms with Gasteiger partial charge in [-0.05, 0) is 43.3 Å². The second-order valence-corrected chi connectivity index (χ2v) is 10.7. The number of non-ortho nitro benzene ring substituents is 1. The van der Waals surface area contributed by atoms with Gasteiger partial charge in [0, 0.05) is 60.7 Å². The molecule has 1 unspecified atom stereocenters. The van der Waals surface area contributed by atoms with Gasteiger partial charge in [-0.25, -0.2) is 4.98 Å². The summed E-state index contributed by atoms with van der Waals surface area (Å²) in [5, 5.41) is 40.6. The van der Waals surface area contributed by atoms with Crippen molar-refractivity contribution in [1.29, 1.82) is 5.26 Å². The molecule has 3 aromatic carbocycles. The summed E-state index contributed by atoms with van der Waals surface area (Å²) in [5.74, 6) is 0.631. The minimum atomic E-state index is -1.18. The van der Waals surface area contributed by atoms with Gasteiger partial charge in [0.15, 0.2) is 10.7 Å². The van der Waals surface area contributed by atoms with Crippen molar-refractivity contribution in [3.63, 3.8) is 0 Å². The molecule has 0 saturated heterocycles. The lowest BCUT2D eigenvalue weighted by molar-refractivity contribution is -0.384. The zero-order valence-electron chi connectivity index (χ0n) is 23.1. The molecule has 5 rings (SSSR count). The van der Waals surface area contributed by atoms with Gasteiger partial charge in [-0.2, -0.15) is 5.26 Å². The van der Waals surface area contributed by atoms with Gasteiger partial charge in [-0.15, -0.1) is 0 Å². The van der Waals surface area contributed by atoms with Crippen LogP contribution in [0.4, 0.5) is 16.5 Å². The third-order valence-corrected chi connectivity index (χ3v) is 8.57. The molecule has 0 radical (unpaired) electrons. The van der Waals surface area contributed by atoms with Gasteiger partial charge in [0.2, 0.25) is 0 Å². The molecule has 0 spiro atoms. The number of aliphatic hydroxyl groups is 2. The summed E-state index contributed by atoms with van der Waals surface area (Å²) in [4.78, 5) is 21.0. The van der Waals surface area contributed by atoms with E-state index in [1.165, 1.54) is 23.5 Å². The molecular formula is C31H31N5O5S. The summed E-state index contributed by atoms with van der Waals surface area (Å²) >= 11 is 1.49. The SMILES string of the molecule is CCN(CCC#N)c1nc2c(s1)C(c1ccc(N(CCO)CCO)cc1)(c1ccc([N+](=O)[O-])cc1)Oc1ccccc1-2. The van der Waals surface area contributed by atoms with Crippen LogP contribution in [0.1, 0.15) is 29.3 Å². The molecule has 0 saturated carbocycles. The average Bonchev–Trinajstić information content (AvgIpc) is 3.47. The molecule has 42 heavy (non-hydrogen) atoms. The molecule has 2 N–H and O–H groups in total. The fourth-order valence-electron chi connectivity index (χ4n) is 5.28. The predicted octanol–water partition coefficient (Wildman–Crippen LogP) is 4.93. The first-order chi connectivity index (χ1) is 20.5. The molecule has 0 bridgehead atoms. The molecule has 1 aliphatic rings. The molecule has 10 nitrogen and oxygen atoms in total. The number of rotatable bonds is 12. The Morgan fingerprint density at radius 1 is 0.976 bits per heavy atom. The van der Waals surface area contributed by atoms with Crippen molar-refractivity contribution >= 4 is 27.8 Å². The molecule has 1 aromatic heterocycles. The van der Waals surface area contributed by atoms with Gasteiger partial charge in [0.1, 0.15) is 5.75 Å². The number of fused-ring (bicyclic) bond motifs is 3. The number of nitro groups is 1. The number of para-hydroxylation sites is 1. The molecule has 0 amide bonds. The molecule has 0 fully saturated rings. The maximum Gasteiger partial charge on any atom is 0.269 e. The predicted molar refractivity (Wildman–Crippen MR) is 162 cm³/mol. The summed E-state index contributed by atoms with van der Waals surface area (Å²) in [7, 11) is 0. The van der Waals surface area contributed by atoms with Crippen LogP contribution in [0.25, 0.3) is 11.3 Å². The van der Waals surface area contributed by atoms with E-state index in [4.69, 9.17) is 9.72 Å². The lowest BCUT2D eigenvalue weighted by Gasteiger charge is -2.39. The Bertz CT molecular complexity index is 1580. The number of hydrogen-bond acceptors (Lipinski definition) is 10. The highest BCUT2D eigenvalue weighted by atomic mass is 32.1. The van der Waals surface area contributed by atoms with E-state index in [1.807, 2.05) is 60.4 Å². The molecule has 1 atom stereocenters. The van der Waals surface area contributed by atoms with Crippen molar-refractivity contribution in [2.24, 2.45) is 0 Å². The summed E-state index contributed by atoms with van der Waals surface area (Å²) in [5.41, 5.74) is 2.72. The second-order valence-electron chi connectivity index (χ2n) is 9.73. The zero-order valence-corrected chi connectivity index (χ0v) is 24.0. The first kappa shape index (κ1) is 29.0. The molecule has 1 aliphatic heterocycles. The third kappa shape index (κ3) is 5.27. The normalized spacial score (nSPS) is 15.2. The summed E-state index contributed by atoms with van der Waals surface area (Å²) in [6, 6.07) is 24.0. The maximum absolute atomic E-state index is 11.5. The molecule has 0 aliphatic carbocycles. The number of aliphatic hydroxyl groups excluding tert-OH is 2. The van der Waals surface area contributed by atoms with Crippen LogP contribution >= 0.6 is 11.3 Å². The first-order valence-electron chi connectivity index (χ1n) is 13.7. The van der Waals surface area contributed by atoms with E-state index in [2.05, 4.69) is 11.0 Å². The van der Waals surface area contributed by atoms with Crippen LogP contribution in [0.2, 0.25) is 0 Å². The number of nitrogens with zero attached hydrogens (tertiary/aromatic N) is 5. The van der Waals surface area contributed by atoms with E-state index < -0.39 is 10.5 Å². The highest BCUT2D eigenvalue weighted by Gasteiger charge is 2.47. The Kier molecular flexibility index (Phi) is 8.68. The number of thiazole rings is 1. The van der Waals surface area contributed by atoms with Crippen LogP contribution in [0.3, 0.4) is 0 Å². The van der Waals surface area contributed by atoms with Crippen LogP contribution in [-0.4, -0.2) is 59.5 Å². The van der Waals surface area contributed by atoms with Gasteiger partial charge in [-0.1, -0.05) is 35.6 Å². The molecule has 2 heterocycles. The van der Waals surface area contributed by atoms with Crippen molar-refractivity contribution < 1.29 is 19.9 Å². The van der Waals surface area contributed by atoms with Crippen LogP contribution in [0.5, 0.6) is 5.75 Å². The quantitative estimate of drug-likeness (QED) is 0.175. The highest BCUT2D eigenvalue weighted by Crippen LogP contribution is 2.54. The maximum atomic E-state index is 11.5. The van der Waals surface area contributed by atoms with Crippen LogP contribution < -0.4 is 14.5 Å². The lowest BCUT2D eigenvalue weighted by atomic mass is 9.81. The van der Waals surface area contributed by atoms with Crippen molar-refractivity contribution in [3.05, 3.63) is 98.9 Å². The van der Waals surface area contributed by atoms with E-state index >= 15 is 0 Å². The largest absolute Gasteiger partial charge is 0.471 e. The summed E-state index contributed by atoms with van der Waals surface area (Å²) < 4.78 is 6.96. The Morgan fingerprint density at radius 3 is 2.21 bits per heavy atom. The fourth-order valence-corrected chi connectivity index (χ4v) is 6.63. The van der Waals surface area contributed by atoms with E-state index in [0.717, 1.165) is 32.5 Å². The Morgan fingerprint density at radius 2 is 1.62 bits per heavy atom. The van der Waals surface area contributed by atoms with Gasteiger partial charge in [0.25, 0.3) is 5.69 Å². The third-order valence-electron chi connectivity index (χ3n) is 7.35. The number of benzene rings is 3. The van der Waals surface area contributed by atoms with Crippen molar-refractivity contribution in [2.45, 2.75) is 18.9 Å². The number of ether oxygens (including phenoxy) is 1. The molecule has 216 valence electrons.